The third-order valence-corrected chi connectivity index (χ3v) is 11.4. The van der Waals surface area contributed by atoms with Crippen LogP contribution in [0.2, 0.25) is 0 Å². The number of aromatic nitrogens is 4. The Balaban J connectivity index is 1.18. The smallest absolute Gasteiger partial charge is 0.160 e. The first-order chi connectivity index (χ1) is 30.3. The SMILES string of the molecule is c1ccc(-c2ccc(-c3nn4c(-c5ccccc5)c(-c5cccc(-c6cc(-c7ccccc7)nc(-c7ccccc7)n6)c5)c5ccccc5c4c3-c3ccccc3)cc2)cc1. The van der Waals surface area contributed by atoms with Crippen molar-refractivity contribution in [3.63, 3.8) is 0 Å². The maximum Gasteiger partial charge on any atom is 0.160 e. The number of hydrogen-bond donors (Lipinski definition) is 0. The van der Waals surface area contributed by atoms with Crippen molar-refractivity contribution in [1.29, 1.82) is 0 Å². The van der Waals surface area contributed by atoms with Crippen LogP contribution in [0.3, 0.4) is 0 Å². The van der Waals surface area contributed by atoms with Crippen LogP contribution in [-0.2, 0) is 0 Å². The van der Waals surface area contributed by atoms with E-state index in [-0.39, 0.29) is 0 Å². The predicted octanol–water partition coefficient (Wildman–Crippen LogP) is 14.6. The fourth-order valence-electron chi connectivity index (χ4n) is 8.56. The molecule has 8 aromatic carbocycles. The van der Waals surface area contributed by atoms with E-state index in [9.17, 15) is 0 Å². The van der Waals surface area contributed by atoms with Gasteiger partial charge in [0.15, 0.2) is 5.82 Å². The van der Waals surface area contributed by atoms with Gasteiger partial charge in [0.05, 0.1) is 22.6 Å². The molecule has 3 aromatic heterocycles. The van der Waals surface area contributed by atoms with E-state index in [0.717, 1.165) is 89.1 Å². The van der Waals surface area contributed by atoms with Gasteiger partial charge in [0.2, 0.25) is 0 Å². The molecule has 0 spiro atoms. The molecule has 11 rings (SSSR count). The lowest BCUT2D eigenvalue weighted by atomic mass is 9.90. The molecule has 4 nitrogen and oxygen atoms in total. The average molecular weight is 779 g/mol. The average Bonchev–Trinajstić information content (AvgIpc) is 3.76. The first-order valence-corrected chi connectivity index (χ1v) is 20.6. The standard InChI is InChI=1S/C57H38N4/c1-6-19-39(20-7-1)40-33-35-43(36-34-40)54-53(42-23-10-3-11-24-42)56-49-32-17-16-31-48(49)52(55(61(56)60-54)44-25-12-4-13-26-44)47-30-18-29-46(37-47)51-38-50(41-21-8-2-9-22-41)58-57(59-51)45-27-14-5-15-28-45/h1-38H. The largest absolute Gasteiger partial charge is 0.231 e. The van der Waals surface area contributed by atoms with E-state index in [4.69, 9.17) is 15.1 Å². The minimum Gasteiger partial charge on any atom is -0.231 e. The molecule has 286 valence electrons. The summed E-state index contributed by atoms with van der Waals surface area (Å²) in [5.74, 6) is 0.688. The summed E-state index contributed by atoms with van der Waals surface area (Å²) < 4.78 is 2.20. The van der Waals surface area contributed by atoms with Crippen LogP contribution in [0, 0.1) is 0 Å². The topological polar surface area (TPSA) is 43.1 Å². The van der Waals surface area contributed by atoms with Gasteiger partial charge in [0.25, 0.3) is 0 Å². The van der Waals surface area contributed by atoms with E-state index in [1.807, 2.05) is 24.3 Å². The van der Waals surface area contributed by atoms with Crippen LogP contribution in [-0.4, -0.2) is 19.6 Å². The molecule has 0 amide bonds. The number of benzene rings is 8. The molecule has 0 aliphatic rings. The maximum absolute atomic E-state index is 5.64. The molecule has 0 radical (unpaired) electrons. The minimum absolute atomic E-state index is 0.688. The Morgan fingerprint density at radius 2 is 0.754 bits per heavy atom. The van der Waals surface area contributed by atoms with E-state index < -0.39 is 0 Å². The van der Waals surface area contributed by atoms with Crippen LogP contribution in [0.1, 0.15) is 0 Å². The minimum atomic E-state index is 0.688. The summed E-state index contributed by atoms with van der Waals surface area (Å²) in [6, 6.07) is 80.9. The van der Waals surface area contributed by atoms with Crippen LogP contribution in [0.4, 0.5) is 0 Å². The van der Waals surface area contributed by atoms with Crippen LogP contribution in [0.5, 0.6) is 0 Å². The Labute approximate surface area is 354 Å². The Morgan fingerprint density at radius 1 is 0.295 bits per heavy atom. The highest BCUT2D eigenvalue weighted by Gasteiger charge is 2.25. The molecule has 0 aliphatic carbocycles. The molecule has 0 fully saturated rings. The fraction of sp³-hybridized carbons (Fsp3) is 0. The van der Waals surface area contributed by atoms with E-state index in [1.54, 1.807) is 0 Å². The quantitative estimate of drug-likeness (QED) is 0.154. The van der Waals surface area contributed by atoms with Crippen LogP contribution in [0.15, 0.2) is 231 Å². The molecule has 3 heterocycles. The Bertz CT molecular complexity index is 3250. The number of pyridine rings is 1. The van der Waals surface area contributed by atoms with Crippen molar-refractivity contribution in [2.75, 3.05) is 0 Å². The van der Waals surface area contributed by atoms with Crippen LogP contribution >= 0.6 is 0 Å². The molecule has 0 atom stereocenters. The monoisotopic (exact) mass is 778 g/mol. The van der Waals surface area contributed by atoms with Gasteiger partial charge in [-0.2, -0.15) is 5.10 Å². The third kappa shape index (κ3) is 6.67. The zero-order chi connectivity index (χ0) is 40.5. The zero-order valence-electron chi connectivity index (χ0n) is 33.2. The van der Waals surface area contributed by atoms with Crippen molar-refractivity contribution in [2.45, 2.75) is 0 Å². The van der Waals surface area contributed by atoms with Crippen molar-refractivity contribution in [3.05, 3.63) is 231 Å². The van der Waals surface area contributed by atoms with E-state index in [1.165, 1.54) is 11.1 Å². The lowest BCUT2D eigenvalue weighted by Gasteiger charge is -2.18. The highest BCUT2D eigenvalue weighted by atomic mass is 15.2. The Morgan fingerprint density at radius 3 is 1.39 bits per heavy atom. The molecule has 0 aliphatic heterocycles. The molecule has 0 saturated carbocycles. The molecule has 0 bridgehead atoms. The van der Waals surface area contributed by atoms with Crippen molar-refractivity contribution in [3.8, 4) is 89.8 Å². The fourth-order valence-corrected chi connectivity index (χ4v) is 8.56. The second-order valence-corrected chi connectivity index (χ2v) is 15.2. The number of hydrogen-bond acceptors (Lipinski definition) is 3. The number of fused-ring (bicyclic) bond motifs is 3. The van der Waals surface area contributed by atoms with Gasteiger partial charge in [-0.3, -0.25) is 0 Å². The second kappa shape index (κ2) is 15.5. The highest BCUT2D eigenvalue weighted by Crippen LogP contribution is 2.46. The molecule has 0 N–H and O–H groups in total. The molecule has 61 heavy (non-hydrogen) atoms. The normalized spacial score (nSPS) is 11.3. The van der Waals surface area contributed by atoms with Gasteiger partial charge < -0.3 is 0 Å². The second-order valence-electron chi connectivity index (χ2n) is 15.2. The summed E-state index contributed by atoms with van der Waals surface area (Å²) >= 11 is 0. The molecular formula is C57H38N4. The van der Waals surface area contributed by atoms with Crippen molar-refractivity contribution < 1.29 is 0 Å². The lowest BCUT2D eigenvalue weighted by Crippen LogP contribution is -2.00. The maximum atomic E-state index is 5.64. The van der Waals surface area contributed by atoms with Crippen molar-refractivity contribution in [2.24, 2.45) is 0 Å². The van der Waals surface area contributed by atoms with Gasteiger partial charge in [-0.1, -0.05) is 218 Å². The summed E-state index contributed by atoms with van der Waals surface area (Å²) in [5.41, 5.74) is 16.6. The molecule has 11 aromatic rings. The van der Waals surface area contributed by atoms with Gasteiger partial charge in [0.1, 0.15) is 5.69 Å². The lowest BCUT2D eigenvalue weighted by molar-refractivity contribution is 0.981. The first-order valence-electron chi connectivity index (χ1n) is 20.6. The van der Waals surface area contributed by atoms with E-state index >= 15 is 0 Å². The van der Waals surface area contributed by atoms with E-state index in [2.05, 4.69) is 211 Å². The third-order valence-electron chi connectivity index (χ3n) is 11.4. The van der Waals surface area contributed by atoms with Gasteiger partial charge in [-0.15, -0.1) is 0 Å². The van der Waals surface area contributed by atoms with Crippen molar-refractivity contribution in [1.82, 2.24) is 19.6 Å². The molecule has 0 saturated heterocycles. The van der Waals surface area contributed by atoms with Gasteiger partial charge >= 0.3 is 0 Å². The number of nitrogens with zero attached hydrogens (tertiary/aromatic N) is 4. The van der Waals surface area contributed by atoms with Crippen LogP contribution < -0.4 is 0 Å². The Hall–Kier alpha value is -8.21. The predicted molar refractivity (Wildman–Crippen MR) is 252 cm³/mol. The summed E-state index contributed by atoms with van der Waals surface area (Å²) in [7, 11) is 0. The number of rotatable bonds is 8. The van der Waals surface area contributed by atoms with Gasteiger partial charge in [-0.05, 0) is 39.8 Å². The molecule has 0 unspecified atom stereocenters. The van der Waals surface area contributed by atoms with Gasteiger partial charge in [0, 0.05) is 44.3 Å². The first kappa shape index (κ1) is 35.9. The van der Waals surface area contributed by atoms with Crippen molar-refractivity contribution >= 4 is 16.3 Å². The van der Waals surface area contributed by atoms with Crippen LogP contribution in [0.25, 0.3) is 106 Å². The Kier molecular flexibility index (Phi) is 9.14. The zero-order valence-corrected chi connectivity index (χ0v) is 33.2. The highest BCUT2D eigenvalue weighted by molar-refractivity contribution is 6.15. The summed E-state index contributed by atoms with van der Waals surface area (Å²) in [6.45, 7) is 0. The molecular weight excluding hydrogens is 741 g/mol. The summed E-state index contributed by atoms with van der Waals surface area (Å²) in [5, 5.41) is 7.91. The summed E-state index contributed by atoms with van der Waals surface area (Å²) in [4.78, 5) is 10.3. The molecule has 4 heteroatoms. The van der Waals surface area contributed by atoms with Gasteiger partial charge in [-0.25, -0.2) is 14.5 Å². The van der Waals surface area contributed by atoms with E-state index in [0.29, 0.717) is 5.82 Å². The summed E-state index contributed by atoms with van der Waals surface area (Å²) in [6.07, 6.45) is 0.